The van der Waals surface area contributed by atoms with E-state index in [9.17, 15) is 22.0 Å². The van der Waals surface area contributed by atoms with Crippen molar-refractivity contribution in [3.8, 4) is 11.5 Å². The molecule has 2 aromatic carbocycles. The first kappa shape index (κ1) is 19.8. The van der Waals surface area contributed by atoms with Gasteiger partial charge in [-0.25, -0.2) is 18.4 Å². The third-order valence-electron chi connectivity index (χ3n) is 4.24. The third-order valence-corrected chi connectivity index (χ3v) is 5.17. The Kier molecular flexibility index (Phi) is 4.90. The number of anilines is 1. The van der Waals surface area contributed by atoms with Crippen LogP contribution in [0.3, 0.4) is 0 Å². The Morgan fingerprint density at radius 2 is 1.75 bits per heavy atom. The zero-order chi connectivity index (χ0) is 20.7. The minimum Gasteiger partial charge on any atom is -0.395 e. The zero-order valence-corrected chi connectivity index (χ0v) is 15.7. The van der Waals surface area contributed by atoms with E-state index in [1.807, 2.05) is 0 Å². The van der Waals surface area contributed by atoms with Crippen LogP contribution in [0.5, 0.6) is 11.5 Å². The molecule has 0 unspecified atom stereocenters. The molecule has 0 fully saturated rings. The summed E-state index contributed by atoms with van der Waals surface area (Å²) in [6.07, 6.45) is -3.74. The smallest absolute Gasteiger partial charge is 0.395 e. The van der Waals surface area contributed by atoms with E-state index < -0.39 is 28.4 Å². The molecule has 28 heavy (non-hydrogen) atoms. The molecule has 150 valence electrons. The van der Waals surface area contributed by atoms with Crippen LogP contribution in [-0.4, -0.2) is 32.7 Å². The molecule has 0 saturated carbocycles. The fourth-order valence-corrected chi connectivity index (χ4v) is 3.09. The second kappa shape index (κ2) is 6.91. The molecule has 8 nitrogen and oxygen atoms in total. The van der Waals surface area contributed by atoms with Gasteiger partial charge in [-0.3, -0.25) is 0 Å². The van der Waals surface area contributed by atoms with Crippen molar-refractivity contribution >= 4 is 21.7 Å². The minimum atomic E-state index is -3.80. The van der Waals surface area contributed by atoms with Crippen LogP contribution in [0.2, 0.25) is 0 Å². The van der Waals surface area contributed by atoms with Gasteiger partial charge >= 0.3 is 12.3 Å². The molecule has 1 atom stereocenters. The molecule has 1 heterocycles. The number of nitrogens with zero attached hydrogens (tertiary/aromatic N) is 1. The van der Waals surface area contributed by atoms with Gasteiger partial charge in [0.1, 0.15) is 0 Å². The van der Waals surface area contributed by atoms with Gasteiger partial charge in [0.15, 0.2) is 11.5 Å². The fraction of sp³-hybridized carbons (Fsp3) is 0.235. The lowest BCUT2D eigenvalue weighted by Crippen LogP contribution is -2.33. The van der Waals surface area contributed by atoms with Gasteiger partial charge in [-0.2, -0.15) is 0 Å². The maximum atomic E-state index is 13.1. The Balaban J connectivity index is 1.69. The van der Waals surface area contributed by atoms with Gasteiger partial charge in [0.05, 0.1) is 10.9 Å². The average molecular weight is 413 g/mol. The molecule has 1 aliphatic heterocycles. The van der Waals surface area contributed by atoms with Gasteiger partial charge in [0.2, 0.25) is 10.0 Å². The Hall–Kier alpha value is -2.92. The van der Waals surface area contributed by atoms with E-state index >= 15 is 0 Å². The van der Waals surface area contributed by atoms with Gasteiger partial charge in [-0.15, -0.1) is 8.78 Å². The first-order valence-corrected chi connectivity index (χ1v) is 9.57. The summed E-state index contributed by atoms with van der Waals surface area (Å²) in [4.78, 5) is 13.8. The molecule has 0 spiro atoms. The number of carbonyl (C=O) groups excluding carboxylic acids is 1. The number of amides is 2. The highest BCUT2D eigenvalue weighted by atomic mass is 32.2. The van der Waals surface area contributed by atoms with E-state index in [0.29, 0.717) is 5.56 Å². The first-order chi connectivity index (χ1) is 13.0. The van der Waals surface area contributed by atoms with E-state index in [4.69, 9.17) is 5.14 Å². The van der Waals surface area contributed by atoms with Crippen molar-refractivity contribution in [1.82, 2.24) is 4.90 Å². The molecule has 0 aliphatic carbocycles. The molecule has 0 radical (unpaired) electrons. The second-order valence-electron chi connectivity index (χ2n) is 6.16. The van der Waals surface area contributed by atoms with Crippen molar-refractivity contribution in [2.45, 2.75) is 24.2 Å². The van der Waals surface area contributed by atoms with Gasteiger partial charge in [0.25, 0.3) is 0 Å². The molecule has 1 aliphatic rings. The molecule has 2 amide bonds. The molecule has 0 aromatic heterocycles. The Morgan fingerprint density at radius 1 is 1.14 bits per heavy atom. The Bertz CT molecular complexity index is 1010. The standard InChI is InChI=1S/C17H17F2N3O5S/c1-10(11-3-6-13(7-4-11)28(20,24)25)22(2)16(23)21-12-5-8-14-15(9-12)27-17(18,19)26-14/h3-10H,1-2H3,(H,21,23)(H2,20,24,25)/t10-/m1/s1. The number of carbonyl (C=O) groups is 1. The topological polar surface area (TPSA) is 111 Å². The number of sulfonamides is 1. The summed E-state index contributed by atoms with van der Waals surface area (Å²) in [6, 6.07) is 8.79. The van der Waals surface area contributed by atoms with Crippen LogP contribution < -0.4 is 19.9 Å². The second-order valence-corrected chi connectivity index (χ2v) is 7.72. The normalized spacial score (nSPS) is 15.8. The van der Waals surface area contributed by atoms with Crippen molar-refractivity contribution < 1.29 is 31.5 Å². The van der Waals surface area contributed by atoms with Crippen molar-refractivity contribution in [3.05, 3.63) is 48.0 Å². The number of fused-ring (bicyclic) bond motifs is 1. The van der Waals surface area contributed by atoms with Crippen LogP contribution in [0.15, 0.2) is 47.4 Å². The van der Waals surface area contributed by atoms with Crippen molar-refractivity contribution in [2.75, 3.05) is 12.4 Å². The van der Waals surface area contributed by atoms with E-state index in [1.54, 1.807) is 19.1 Å². The number of primary sulfonamides is 1. The predicted molar refractivity (Wildman–Crippen MR) is 95.7 cm³/mol. The number of urea groups is 1. The number of nitrogens with two attached hydrogens (primary N) is 1. The van der Waals surface area contributed by atoms with Crippen LogP contribution in [0.25, 0.3) is 0 Å². The predicted octanol–water partition coefficient (Wildman–Crippen LogP) is 2.88. The monoisotopic (exact) mass is 413 g/mol. The lowest BCUT2D eigenvalue weighted by Gasteiger charge is -2.25. The minimum absolute atomic E-state index is 0.0345. The van der Waals surface area contributed by atoms with Crippen LogP contribution in [0.4, 0.5) is 19.3 Å². The molecule has 3 rings (SSSR count). The number of hydrogen-bond donors (Lipinski definition) is 2. The Labute approximate surface area is 159 Å². The summed E-state index contributed by atoms with van der Waals surface area (Å²) in [5, 5.41) is 7.64. The average Bonchev–Trinajstić information content (AvgIpc) is 2.92. The van der Waals surface area contributed by atoms with E-state index in [0.717, 1.165) is 0 Å². The largest absolute Gasteiger partial charge is 0.586 e. The number of halogens is 2. The van der Waals surface area contributed by atoms with Crippen molar-refractivity contribution in [3.63, 3.8) is 0 Å². The summed E-state index contributed by atoms with van der Waals surface area (Å²) in [5.74, 6) is -0.309. The molecular formula is C17H17F2N3O5S. The summed E-state index contributed by atoms with van der Waals surface area (Å²) >= 11 is 0. The maximum Gasteiger partial charge on any atom is 0.586 e. The number of nitrogens with one attached hydrogen (secondary N) is 1. The number of benzene rings is 2. The molecule has 2 aromatic rings. The van der Waals surface area contributed by atoms with Gasteiger partial charge in [-0.05, 0) is 36.8 Å². The van der Waals surface area contributed by atoms with E-state index in [2.05, 4.69) is 14.8 Å². The van der Waals surface area contributed by atoms with E-state index in [-0.39, 0.29) is 22.1 Å². The van der Waals surface area contributed by atoms with Crippen molar-refractivity contribution in [2.24, 2.45) is 5.14 Å². The lowest BCUT2D eigenvalue weighted by molar-refractivity contribution is -0.286. The number of ether oxygens (including phenoxy) is 2. The van der Waals surface area contributed by atoms with Crippen LogP contribution >= 0.6 is 0 Å². The van der Waals surface area contributed by atoms with Gasteiger partial charge < -0.3 is 19.7 Å². The zero-order valence-electron chi connectivity index (χ0n) is 14.8. The molecule has 11 heteroatoms. The molecule has 3 N–H and O–H groups in total. The number of rotatable bonds is 4. The van der Waals surface area contributed by atoms with Gasteiger partial charge in [-0.1, -0.05) is 12.1 Å². The number of alkyl halides is 2. The Morgan fingerprint density at radius 3 is 2.36 bits per heavy atom. The highest BCUT2D eigenvalue weighted by Gasteiger charge is 2.43. The first-order valence-electron chi connectivity index (χ1n) is 8.03. The number of hydrogen-bond acceptors (Lipinski definition) is 5. The SMILES string of the molecule is C[C@H](c1ccc(S(N)(=O)=O)cc1)N(C)C(=O)Nc1ccc2c(c1)OC(F)(F)O2. The quantitative estimate of drug-likeness (QED) is 0.801. The molecule has 0 saturated heterocycles. The fourth-order valence-electron chi connectivity index (χ4n) is 2.57. The van der Waals surface area contributed by atoms with Gasteiger partial charge in [0, 0.05) is 18.8 Å². The van der Waals surface area contributed by atoms with E-state index in [1.165, 1.54) is 42.3 Å². The highest BCUT2D eigenvalue weighted by molar-refractivity contribution is 7.89. The summed E-state index contributed by atoms with van der Waals surface area (Å²) < 4.78 is 57.4. The summed E-state index contributed by atoms with van der Waals surface area (Å²) in [5.41, 5.74) is 0.920. The third kappa shape index (κ3) is 4.15. The molecular weight excluding hydrogens is 396 g/mol. The molecule has 0 bridgehead atoms. The lowest BCUT2D eigenvalue weighted by atomic mass is 10.1. The van der Waals surface area contributed by atoms with Crippen molar-refractivity contribution in [1.29, 1.82) is 0 Å². The maximum absolute atomic E-state index is 13.1. The highest BCUT2D eigenvalue weighted by Crippen LogP contribution is 2.42. The summed E-state index contributed by atoms with van der Waals surface area (Å²) in [7, 11) is -2.27. The van der Waals surface area contributed by atoms with Crippen LogP contribution in [0, 0.1) is 0 Å². The van der Waals surface area contributed by atoms with Crippen LogP contribution in [0.1, 0.15) is 18.5 Å². The van der Waals surface area contributed by atoms with Crippen LogP contribution in [-0.2, 0) is 10.0 Å². The summed E-state index contributed by atoms with van der Waals surface area (Å²) in [6.45, 7) is 1.74.